The first kappa shape index (κ1) is 12.3. The summed E-state index contributed by atoms with van der Waals surface area (Å²) in [5.41, 5.74) is 8.49. The number of nitrogens with zero attached hydrogens (tertiary/aromatic N) is 2. The van der Waals surface area contributed by atoms with Gasteiger partial charge in [-0.2, -0.15) is 0 Å². The molecule has 0 aromatic carbocycles. The maximum Gasteiger partial charge on any atom is 0.0897 e. The molecule has 0 saturated carbocycles. The van der Waals surface area contributed by atoms with E-state index in [1.54, 1.807) is 23.7 Å². The SMILES string of the molecule is Cc1nc(CCNc2c(N)cncc2Br)cs1. The molecule has 2 rings (SSSR count). The summed E-state index contributed by atoms with van der Waals surface area (Å²) in [4.78, 5) is 8.40. The summed E-state index contributed by atoms with van der Waals surface area (Å²) < 4.78 is 0.881. The van der Waals surface area contributed by atoms with Crippen LogP contribution in [0.25, 0.3) is 0 Å². The Labute approximate surface area is 112 Å². The van der Waals surface area contributed by atoms with Gasteiger partial charge in [-0.3, -0.25) is 4.98 Å². The largest absolute Gasteiger partial charge is 0.396 e. The highest BCUT2D eigenvalue weighted by Crippen LogP contribution is 2.26. The van der Waals surface area contributed by atoms with Gasteiger partial charge in [-0.25, -0.2) is 4.98 Å². The van der Waals surface area contributed by atoms with Crippen molar-refractivity contribution in [2.45, 2.75) is 13.3 Å². The zero-order chi connectivity index (χ0) is 12.3. The number of aromatic nitrogens is 2. The van der Waals surface area contributed by atoms with Crippen molar-refractivity contribution in [2.75, 3.05) is 17.6 Å². The van der Waals surface area contributed by atoms with Gasteiger partial charge >= 0.3 is 0 Å². The van der Waals surface area contributed by atoms with E-state index in [4.69, 9.17) is 5.73 Å². The van der Waals surface area contributed by atoms with Crippen molar-refractivity contribution in [2.24, 2.45) is 0 Å². The number of hydrogen-bond acceptors (Lipinski definition) is 5. The number of nitrogen functional groups attached to an aromatic ring is 1. The van der Waals surface area contributed by atoms with Gasteiger partial charge in [0.25, 0.3) is 0 Å². The maximum atomic E-state index is 5.84. The summed E-state index contributed by atoms with van der Waals surface area (Å²) in [5.74, 6) is 0. The van der Waals surface area contributed by atoms with Crippen LogP contribution in [0.1, 0.15) is 10.7 Å². The average molecular weight is 313 g/mol. The van der Waals surface area contributed by atoms with Crippen LogP contribution in [0.5, 0.6) is 0 Å². The van der Waals surface area contributed by atoms with E-state index >= 15 is 0 Å². The third-order valence-electron chi connectivity index (χ3n) is 2.28. The van der Waals surface area contributed by atoms with Crippen molar-refractivity contribution in [3.05, 3.63) is 32.9 Å². The Morgan fingerprint density at radius 1 is 1.47 bits per heavy atom. The molecular formula is C11H13BrN4S. The molecule has 4 nitrogen and oxygen atoms in total. The molecule has 2 heterocycles. The molecule has 0 radical (unpaired) electrons. The zero-order valence-corrected chi connectivity index (χ0v) is 11.8. The number of thiazole rings is 1. The first-order valence-corrected chi connectivity index (χ1v) is 6.88. The second-order valence-electron chi connectivity index (χ2n) is 3.62. The Balaban J connectivity index is 1.94. The van der Waals surface area contributed by atoms with Crippen LogP contribution in [0.3, 0.4) is 0 Å². The Morgan fingerprint density at radius 2 is 2.29 bits per heavy atom. The van der Waals surface area contributed by atoms with Crippen LogP contribution in [-0.4, -0.2) is 16.5 Å². The minimum Gasteiger partial charge on any atom is -0.396 e. The Kier molecular flexibility index (Phi) is 3.96. The number of pyridine rings is 1. The van der Waals surface area contributed by atoms with E-state index < -0.39 is 0 Å². The highest BCUT2D eigenvalue weighted by Gasteiger charge is 2.04. The molecule has 17 heavy (non-hydrogen) atoms. The normalized spacial score (nSPS) is 10.5. The molecule has 0 aliphatic heterocycles. The fourth-order valence-electron chi connectivity index (χ4n) is 1.48. The molecule has 0 amide bonds. The fraction of sp³-hybridized carbons (Fsp3) is 0.273. The monoisotopic (exact) mass is 312 g/mol. The standard InChI is InChI=1S/C11H13BrN4S/c1-7-16-8(6-17-7)2-3-15-11-9(12)4-14-5-10(11)13/h4-6H,2-3,13H2,1H3,(H,14,15). The van der Waals surface area contributed by atoms with Gasteiger partial charge in [-0.1, -0.05) is 0 Å². The predicted octanol–water partition coefficient (Wildman–Crippen LogP) is 2.85. The van der Waals surface area contributed by atoms with Crippen LogP contribution in [0, 0.1) is 6.92 Å². The van der Waals surface area contributed by atoms with Crippen LogP contribution >= 0.6 is 27.3 Å². The van der Waals surface area contributed by atoms with Gasteiger partial charge in [0.05, 0.1) is 32.7 Å². The van der Waals surface area contributed by atoms with E-state index in [0.29, 0.717) is 5.69 Å². The van der Waals surface area contributed by atoms with Gasteiger partial charge < -0.3 is 11.1 Å². The van der Waals surface area contributed by atoms with E-state index in [-0.39, 0.29) is 0 Å². The third kappa shape index (κ3) is 3.17. The smallest absolute Gasteiger partial charge is 0.0897 e. The molecule has 2 aromatic heterocycles. The predicted molar refractivity (Wildman–Crippen MR) is 75.4 cm³/mol. The van der Waals surface area contributed by atoms with Crippen LogP contribution in [0.15, 0.2) is 22.2 Å². The number of rotatable bonds is 4. The van der Waals surface area contributed by atoms with Gasteiger partial charge in [-0.15, -0.1) is 11.3 Å². The maximum absolute atomic E-state index is 5.84. The van der Waals surface area contributed by atoms with E-state index in [1.807, 2.05) is 6.92 Å². The van der Waals surface area contributed by atoms with Crippen molar-refractivity contribution < 1.29 is 0 Å². The van der Waals surface area contributed by atoms with E-state index in [9.17, 15) is 0 Å². The minimum atomic E-state index is 0.647. The number of anilines is 2. The second-order valence-corrected chi connectivity index (χ2v) is 5.54. The first-order chi connectivity index (χ1) is 8.16. The number of halogens is 1. The molecule has 0 unspecified atom stereocenters. The van der Waals surface area contributed by atoms with E-state index in [2.05, 4.69) is 36.6 Å². The van der Waals surface area contributed by atoms with Crippen LogP contribution < -0.4 is 11.1 Å². The summed E-state index contributed by atoms with van der Waals surface area (Å²) in [7, 11) is 0. The van der Waals surface area contributed by atoms with Crippen molar-refractivity contribution >= 4 is 38.6 Å². The molecule has 0 bridgehead atoms. The molecule has 0 aliphatic rings. The van der Waals surface area contributed by atoms with Gasteiger partial charge in [0.15, 0.2) is 0 Å². The number of nitrogens with two attached hydrogens (primary N) is 1. The molecule has 3 N–H and O–H groups in total. The molecule has 6 heteroatoms. The van der Waals surface area contributed by atoms with Gasteiger partial charge in [0, 0.05) is 24.5 Å². The summed E-state index contributed by atoms with van der Waals surface area (Å²) >= 11 is 5.09. The molecule has 0 atom stereocenters. The summed E-state index contributed by atoms with van der Waals surface area (Å²) in [6.07, 6.45) is 4.25. The third-order valence-corrected chi connectivity index (χ3v) is 3.70. The molecule has 2 aromatic rings. The van der Waals surface area contributed by atoms with E-state index in [0.717, 1.165) is 33.8 Å². The molecular weight excluding hydrogens is 300 g/mol. The fourth-order valence-corrected chi connectivity index (χ4v) is 2.61. The van der Waals surface area contributed by atoms with Crippen molar-refractivity contribution in [1.82, 2.24) is 9.97 Å². The number of aryl methyl sites for hydroxylation is 1. The highest BCUT2D eigenvalue weighted by atomic mass is 79.9. The van der Waals surface area contributed by atoms with Crippen molar-refractivity contribution in [1.29, 1.82) is 0 Å². The average Bonchev–Trinajstić information content (AvgIpc) is 2.69. The Morgan fingerprint density at radius 3 is 2.94 bits per heavy atom. The van der Waals surface area contributed by atoms with Gasteiger partial charge in [0.2, 0.25) is 0 Å². The Bertz CT molecular complexity index is 492. The number of nitrogens with one attached hydrogen (secondary N) is 1. The Hall–Kier alpha value is -1.14. The molecule has 0 spiro atoms. The molecule has 90 valence electrons. The minimum absolute atomic E-state index is 0.647. The lowest BCUT2D eigenvalue weighted by atomic mass is 10.3. The lowest BCUT2D eigenvalue weighted by Crippen LogP contribution is -2.08. The molecule has 0 aliphatic carbocycles. The zero-order valence-electron chi connectivity index (χ0n) is 9.40. The summed E-state index contributed by atoms with van der Waals surface area (Å²) in [6.45, 7) is 2.81. The van der Waals surface area contributed by atoms with E-state index in [1.165, 1.54) is 0 Å². The molecule has 0 saturated heterocycles. The number of hydrogen-bond donors (Lipinski definition) is 2. The second kappa shape index (κ2) is 5.46. The summed E-state index contributed by atoms with van der Waals surface area (Å²) in [6, 6.07) is 0. The summed E-state index contributed by atoms with van der Waals surface area (Å²) in [5, 5.41) is 6.48. The van der Waals surface area contributed by atoms with Gasteiger partial charge in [-0.05, 0) is 22.9 Å². The highest BCUT2D eigenvalue weighted by molar-refractivity contribution is 9.10. The first-order valence-electron chi connectivity index (χ1n) is 5.20. The van der Waals surface area contributed by atoms with Crippen molar-refractivity contribution in [3.63, 3.8) is 0 Å². The van der Waals surface area contributed by atoms with Gasteiger partial charge in [0.1, 0.15) is 0 Å². The van der Waals surface area contributed by atoms with Crippen LogP contribution in [-0.2, 0) is 6.42 Å². The lowest BCUT2D eigenvalue weighted by molar-refractivity contribution is 0.967. The van der Waals surface area contributed by atoms with Crippen molar-refractivity contribution in [3.8, 4) is 0 Å². The quantitative estimate of drug-likeness (QED) is 0.911. The van der Waals surface area contributed by atoms with Crippen LogP contribution in [0.4, 0.5) is 11.4 Å². The van der Waals surface area contributed by atoms with Crippen LogP contribution in [0.2, 0.25) is 0 Å². The molecule has 0 fully saturated rings. The lowest BCUT2D eigenvalue weighted by Gasteiger charge is -2.09. The topological polar surface area (TPSA) is 63.8 Å².